The van der Waals surface area contributed by atoms with Crippen LogP contribution < -0.4 is 15.0 Å². The minimum atomic E-state index is -0.802. The molecule has 1 atom stereocenters. The number of hydrogen-bond donors (Lipinski definition) is 1. The summed E-state index contributed by atoms with van der Waals surface area (Å²) in [6.07, 6.45) is 0.728. The van der Waals surface area contributed by atoms with Crippen LogP contribution in [0.3, 0.4) is 0 Å². The molecule has 1 N–H and O–H groups in total. The number of nitrogens with zero attached hydrogens (tertiary/aromatic N) is 2. The summed E-state index contributed by atoms with van der Waals surface area (Å²) in [5.41, 5.74) is 2.61. The molecule has 2 aromatic carbocycles. The summed E-state index contributed by atoms with van der Waals surface area (Å²) in [7, 11) is 1.20. The van der Waals surface area contributed by atoms with E-state index in [4.69, 9.17) is 4.74 Å². The van der Waals surface area contributed by atoms with Crippen molar-refractivity contribution in [2.75, 3.05) is 37.0 Å². The largest absolute Gasteiger partial charge is 0.491 e. The first-order valence-electron chi connectivity index (χ1n) is 10.3. The zero-order valence-electron chi connectivity index (χ0n) is 17.8. The Morgan fingerprint density at radius 1 is 1.06 bits per heavy atom. The molecule has 0 spiro atoms. The number of halogens is 2. The number of carbonyl (C=O) groups excluding carboxylic acids is 3. The molecule has 0 radical (unpaired) electrons. The molecule has 7 nitrogen and oxygen atoms in total. The fourth-order valence-corrected chi connectivity index (χ4v) is 4.29. The molecule has 2 amide bonds. The van der Waals surface area contributed by atoms with Gasteiger partial charge in [-0.05, 0) is 30.2 Å². The molecule has 0 saturated carbocycles. The van der Waals surface area contributed by atoms with Gasteiger partial charge >= 0.3 is 11.8 Å². The van der Waals surface area contributed by atoms with Crippen LogP contribution in [-0.2, 0) is 27.2 Å². The van der Waals surface area contributed by atoms with Gasteiger partial charge in [0.15, 0.2) is 17.4 Å². The molecule has 4 rings (SSSR count). The lowest BCUT2D eigenvalue weighted by molar-refractivity contribution is -0.143. The van der Waals surface area contributed by atoms with Gasteiger partial charge in [0.25, 0.3) is 0 Å². The van der Waals surface area contributed by atoms with E-state index in [0.29, 0.717) is 30.8 Å². The third kappa shape index (κ3) is 4.15. The summed E-state index contributed by atoms with van der Waals surface area (Å²) in [5, 5.41) is 2.60. The minimum absolute atomic E-state index is 0.128. The van der Waals surface area contributed by atoms with Crippen LogP contribution in [0.2, 0.25) is 0 Å². The highest BCUT2D eigenvalue weighted by Gasteiger charge is 2.31. The highest BCUT2D eigenvalue weighted by molar-refractivity contribution is 6.39. The van der Waals surface area contributed by atoms with Gasteiger partial charge in [-0.3, -0.25) is 14.4 Å². The highest BCUT2D eigenvalue weighted by atomic mass is 19.1. The molecule has 0 aromatic heterocycles. The average molecular weight is 443 g/mol. The Morgan fingerprint density at radius 2 is 1.75 bits per heavy atom. The van der Waals surface area contributed by atoms with Gasteiger partial charge in [-0.1, -0.05) is 6.07 Å². The highest BCUT2D eigenvalue weighted by Crippen LogP contribution is 2.29. The second kappa shape index (κ2) is 8.57. The molecule has 32 heavy (non-hydrogen) atoms. The molecule has 0 unspecified atom stereocenters. The predicted octanol–water partition coefficient (Wildman–Crippen LogP) is 2.32. The second-order valence-electron chi connectivity index (χ2n) is 8.07. The summed E-state index contributed by atoms with van der Waals surface area (Å²) < 4.78 is 32.9. The van der Waals surface area contributed by atoms with Crippen molar-refractivity contribution in [3.8, 4) is 5.75 Å². The van der Waals surface area contributed by atoms with E-state index < -0.39 is 29.2 Å². The molecular weight excluding hydrogens is 420 g/mol. The third-order valence-corrected chi connectivity index (χ3v) is 5.87. The number of piperazine rings is 1. The van der Waals surface area contributed by atoms with Gasteiger partial charge in [0.1, 0.15) is 5.78 Å². The van der Waals surface area contributed by atoms with Crippen molar-refractivity contribution >= 4 is 29.0 Å². The summed E-state index contributed by atoms with van der Waals surface area (Å²) in [6.45, 7) is 2.58. The number of hydrogen-bond acceptors (Lipinski definition) is 5. The molecule has 2 aromatic rings. The van der Waals surface area contributed by atoms with Gasteiger partial charge in [0.05, 0.1) is 7.11 Å². The van der Waals surface area contributed by atoms with Crippen LogP contribution in [0.5, 0.6) is 5.75 Å². The lowest BCUT2D eigenvalue weighted by Gasteiger charge is -2.41. The van der Waals surface area contributed by atoms with Gasteiger partial charge in [0, 0.05) is 62.0 Å². The number of ketones is 1. The van der Waals surface area contributed by atoms with Crippen LogP contribution in [0.25, 0.3) is 0 Å². The Bertz CT molecular complexity index is 1080. The number of Topliss-reactive ketones (excluding diaryl/α,β-unsaturated/α-hetero) is 1. The lowest BCUT2D eigenvalue weighted by atomic mass is 10.1. The number of carbonyl (C=O) groups is 3. The van der Waals surface area contributed by atoms with Crippen LogP contribution in [0.4, 0.5) is 20.2 Å². The zero-order valence-corrected chi connectivity index (χ0v) is 17.8. The normalized spacial score (nSPS) is 17.9. The number of anilines is 2. The van der Waals surface area contributed by atoms with Crippen LogP contribution in [-0.4, -0.2) is 55.3 Å². The molecule has 1 aliphatic heterocycles. The zero-order chi connectivity index (χ0) is 23.0. The van der Waals surface area contributed by atoms with Gasteiger partial charge < -0.3 is 19.9 Å². The van der Waals surface area contributed by atoms with E-state index in [0.717, 1.165) is 11.1 Å². The maximum absolute atomic E-state index is 14.1. The number of rotatable bonds is 3. The number of amides is 2. The van der Waals surface area contributed by atoms with E-state index in [9.17, 15) is 23.2 Å². The van der Waals surface area contributed by atoms with Gasteiger partial charge in [0.2, 0.25) is 0 Å². The first kappa shape index (κ1) is 21.7. The molecule has 9 heteroatoms. The van der Waals surface area contributed by atoms with Crippen molar-refractivity contribution in [3.63, 3.8) is 0 Å². The molecule has 1 saturated heterocycles. The number of ether oxygens (including phenoxy) is 1. The Hall–Kier alpha value is -3.49. The molecular formula is C23H23F2N3O4. The van der Waals surface area contributed by atoms with Crippen molar-refractivity contribution < 1.29 is 27.9 Å². The van der Waals surface area contributed by atoms with Crippen molar-refractivity contribution in [1.29, 1.82) is 0 Å². The van der Waals surface area contributed by atoms with Crippen molar-refractivity contribution in [1.82, 2.24) is 4.90 Å². The molecule has 1 fully saturated rings. The van der Waals surface area contributed by atoms with E-state index in [1.54, 1.807) is 23.1 Å². The molecule has 0 bridgehead atoms. The van der Waals surface area contributed by atoms with Gasteiger partial charge in [-0.25, -0.2) is 8.78 Å². The summed E-state index contributed by atoms with van der Waals surface area (Å²) in [6, 6.07) is 7.31. The Labute approximate surface area is 183 Å². The average Bonchev–Trinajstić information content (AvgIpc) is 3.12. The maximum atomic E-state index is 14.1. The van der Waals surface area contributed by atoms with Crippen molar-refractivity contribution in [2.45, 2.75) is 25.8 Å². The Kier molecular flexibility index (Phi) is 5.82. The summed E-state index contributed by atoms with van der Waals surface area (Å²) >= 11 is 0. The number of fused-ring (bicyclic) bond motifs is 1. The van der Waals surface area contributed by atoms with Crippen LogP contribution in [0.15, 0.2) is 30.3 Å². The third-order valence-electron chi connectivity index (χ3n) is 5.87. The summed E-state index contributed by atoms with van der Waals surface area (Å²) in [5.74, 6) is -3.37. The van der Waals surface area contributed by atoms with Crippen LogP contribution >= 0.6 is 0 Å². The lowest BCUT2D eigenvalue weighted by Crippen LogP contribution is -2.55. The first-order chi connectivity index (χ1) is 15.3. The Balaban J connectivity index is 1.40. The summed E-state index contributed by atoms with van der Waals surface area (Å²) in [4.78, 5) is 40.0. The topological polar surface area (TPSA) is 79.0 Å². The maximum Gasteiger partial charge on any atom is 0.313 e. The van der Waals surface area contributed by atoms with Gasteiger partial charge in [-0.2, -0.15) is 0 Å². The molecule has 1 heterocycles. The Morgan fingerprint density at radius 3 is 2.41 bits per heavy atom. The number of nitrogens with one attached hydrogen (secondary N) is 1. The van der Waals surface area contributed by atoms with E-state index in [-0.39, 0.29) is 24.9 Å². The van der Waals surface area contributed by atoms with Crippen molar-refractivity contribution in [3.05, 3.63) is 53.1 Å². The second-order valence-corrected chi connectivity index (χ2v) is 8.07. The standard InChI is InChI=1S/C23H23F2N3O4/c1-13-12-27(5-6-28(13)17-10-19(24)21(32-2)20(25)11-17)23(31)22(30)26-16-4-3-14-8-18(29)9-15(14)7-16/h3-4,7,10-11,13H,5-6,8-9,12H2,1-2H3,(H,26,30)/t13-/m1/s1. The fourth-order valence-electron chi connectivity index (χ4n) is 4.29. The smallest absolute Gasteiger partial charge is 0.313 e. The molecule has 168 valence electrons. The van der Waals surface area contributed by atoms with Crippen LogP contribution in [0.1, 0.15) is 18.1 Å². The molecule has 2 aliphatic rings. The molecule has 1 aliphatic carbocycles. The number of methoxy groups -OCH3 is 1. The van der Waals surface area contributed by atoms with E-state index in [2.05, 4.69) is 5.32 Å². The predicted molar refractivity (Wildman–Crippen MR) is 114 cm³/mol. The van der Waals surface area contributed by atoms with E-state index >= 15 is 0 Å². The minimum Gasteiger partial charge on any atom is -0.491 e. The van der Waals surface area contributed by atoms with Crippen LogP contribution in [0, 0.1) is 11.6 Å². The monoisotopic (exact) mass is 443 g/mol. The van der Waals surface area contributed by atoms with E-state index in [1.165, 1.54) is 24.1 Å². The first-order valence-corrected chi connectivity index (χ1v) is 10.3. The quantitative estimate of drug-likeness (QED) is 0.737. The van der Waals surface area contributed by atoms with Crippen molar-refractivity contribution in [2.24, 2.45) is 0 Å². The van der Waals surface area contributed by atoms with E-state index in [1.807, 2.05) is 6.92 Å². The fraction of sp³-hybridized carbons (Fsp3) is 0.348. The number of benzene rings is 2. The van der Waals surface area contributed by atoms with Gasteiger partial charge in [-0.15, -0.1) is 0 Å². The SMILES string of the molecule is COc1c(F)cc(N2CCN(C(=O)C(=O)Nc3ccc4c(c3)CC(=O)C4)C[C@H]2C)cc1F.